The van der Waals surface area contributed by atoms with Crippen molar-refractivity contribution < 1.29 is 28.3 Å². The number of amides is 1. The fourth-order valence-corrected chi connectivity index (χ4v) is 3.16. The van der Waals surface area contributed by atoms with Crippen LogP contribution < -0.4 is 5.73 Å². The minimum absolute atomic E-state index is 0.0446. The minimum atomic E-state index is -4.44. The lowest BCUT2D eigenvalue weighted by Crippen LogP contribution is -2.43. The zero-order valence-electron chi connectivity index (χ0n) is 15.6. The van der Waals surface area contributed by atoms with Crippen molar-refractivity contribution in [2.24, 2.45) is 5.73 Å². The van der Waals surface area contributed by atoms with Gasteiger partial charge in [0.05, 0.1) is 6.10 Å². The predicted molar refractivity (Wildman–Crippen MR) is 91.7 cm³/mol. The number of nitrogens with zero attached hydrogens (tertiary/aromatic N) is 1. The summed E-state index contributed by atoms with van der Waals surface area (Å²) in [6.45, 7) is 11.8. The average Bonchev–Trinajstić information content (AvgIpc) is 2.34. The van der Waals surface area contributed by atoms with E-state index in [0.717, 1.165) is 0 Å². The van der Waals surface area contributed by atoms with Gasteiger partial charge in [-0.1, -0.05) is 0 Å². The van der Waals surface area contributed by atoms with Crippen molar-refractivity contribution in [1.82, 2.24) is 4.90 Å². The van der Waals surface area contributed by atoms with Crippen LogP contribution in [0.2, 0.25) is 0 Å². The second-order valence-corrected chi connectivity index (χ2v) is 8.81. The van der Waals surface area contributed by atoms with Gasteiger partial charge in [-0.3, -0.25) is 14.1 Å². The third-order valence-corrected chi connectivity index (χ3v) is 4.30. The molecule has 0 saturated carbocycles. The molecule has 2 atom stereocenters. The van der Waals surface area contributed by atoms with Gasteiger partial charge in [0, 0.05) is 12.6 Å². The molecule has 9 heteroatoms. The molecule has 0 aromatic rings. The van der Waals surface area contributed by atoms with Crippen LogP contribution in [0.1, 0.15) is 54.9 Å². The molecule has 0 aliphatic carbocycles. The molecule has 2 unspecified atom stereocenters. The molecule has 0 aliphatic heterocycles. The molecule has 0 radical (unpaired) electrons. The second kappa shape index (κ2) is 8.94. The van der Waals surface area contributed by atoms with Crippen LogP contribution in [0.4, 0.5) is 4.79 Å². The number of hydrogen-bond acceptors (Lipinski definition) is 6. The molecule has 0 heterocycles. The molecule has 0 aliphatic rings. The van der Waals surface area contributed by atoms with Crippen LogP contribution in [-0.2, 0) is 18.6 Å². The highest BCUT2D eigenvalue weighted by atomic mass is 31.2. The lowest BCUT2D eigenvalue weighted by molar-refractivity contribution is -0.156. The maximum atomic E-state index is 12.3. The van der Waals surface area contributed by atoms with Crippen LogP contribution in [0.15, 0.2) is 0 Å². The van der Waals surface area contributed by atoms with Crippen molar-refractivity contribution in [2.45, 2.75) is 78.7 Å². The highest BCUT2D eigenvalue weighted by Gasteiger charge is 2.37. The van der Waals surface area contributed by atoms with E-state index in [2.05, 4.69) is 0 Å². The summed E-state index contributed by atoms with van der Waals surface area (Å²) in [6, 6.07) is -1.28. The quantitative estimate of drug-likeness (QED) is 0.500. The van der Waals surface area contributed by atoms with Gasteiger partial charge >= 0.3 is 19.2 Å². The zero-order valence-corrected chi connectivity index (χ0v) is 16.5. The van der Waals surface area contributed by atoms with Crippen LogP contribution in [0.25, 0.3) is 0 Å². The average molecular weight is 366 g/mol. The molecule has 8 nitrogen and oxygen atoms in total. The minimum Gasteiger partial charge on any atom is -0.459 e. The molecule has 0 bridgehead atoms. The van der Waals surface area contributed by atoms with Gasteiger partial charge in [-0.25, -0.2) is 4.57 Å². The van der Waals surface area contributed by atoms with Gasteiger partial charge in [0.15, 0.2) is 0 Å². The van der Waals surface area contributed by atoms with E-state index >= 15 is 0 Å². The number of esters is 1. The molecule has 0 rings (SSSR count). The number of hydrogen-bond donors (Lipinski definition) is 2. The van der Waals surface area contributed by atoms with Crippen LogP contribution >= 0.6 is 7.60 Å². The Hall–Kier alpha value is -0.950. The van der Waals surface area contributed by atoms with Gasteiger partial charge in [0.1, 0.15) is 11.6 Å². The molecule has 0 spiro atoms. The fraction of sp³-hybridized carbons (Fsp3) is 0.867. The number of carbonyl (C=O) groups excluding carboxylic acids is 2. The summed E-state index contributed by atoms with van der Waals surface area (Å²) in [5.74, 6) is -0.579. The molecule has 3 N–H and O–H groups in total. The number of carbonyl (C=O) groups is 2. The van der Waals surface area contributed by atoms with Gasteiger partial charge in [-0.15, -0.1) is 0 Å². The summed E-state index contributed by atoms with van der Waals surface area (Å²) in [4.78, 5) is 35.2. The Kier molecular flexibility index (Phi) is 8.59. The van der Waals surface area contributed by atoms with Gasteiger partial charge < -0.3 is 20.3 Å². The van der Waals surface area contributed by atoms with Gasteiger partial charge in [0.25, 0.3) is 0 Å². The third kappa shape index (κ3) is 8.24. The van der Waals surface area contributed by atoms with E-state index in [0.29, 0.717) is 0 Å². The first-order chi connectivity index (χ1) is 10.7. The first-order valence-corrected chi connectivity index (χ1v) is 9.56. The van der Waals surface area contributed by atoms with E-state index < -0.39 is 37.0 Å². The first kappa shape index (κ1) is 23.1. The Morgan fingerprint density at radius 1 is 1.21 bits per heavy atom. The molecular weight excluding hydrogens is 335 g/mol. The highest BCUT2D eigenvalue weighted by Crippen LogP contribution is 2.46. The maximum absolute atomic E-state index is 12.3. The summed E-state index contributed by atoms with van der Waals surface area (Å²) in [5, 5.41) is 0. The fourth-order valence-electron chi connectivity index (χ4n) is 1.84. The molecule has 24 heavy (non-hydrogen) atoms. The second-order valence-electron chi connectivity index (χ2n) is 7.17. The molecule has 0 fully saturated rings. The summed E-state index contributed by atoms with van der Waals surface area (Å²) in [5.41, 5.74) is 4.13. The Labute approximate surface area is 144 Å². The van der Waals surface area contributed by atoms with Crippen LogP contribution in [0, 0.1) is 0 Å². The third-order valence-electron chi connectivity index (χ3n) is 2.86. The van der Waals surface area contributed by atoms with Crippen LogP contribution in [0.5, 0.6) is 0 Å². The van der Waals surface area contributed by atoms with E-state index in [1.807, 2.05) is 0 Å². The lowest BCUT2D eigenvalue weighted by Gasteiger charge is -2.29. The van der Waals surface area contributed by atoms with Crippen LogP contribution in [-0.4, -0.2) is 51.7 Å². The standard InChI is InChI=1S/C15H31N2O6P/c1-10(2)17(14(19)24(20,21)23-11(3)4)9-8-12(16)13(18)22-15(5,6)7/h10-12H,8-9,16H2,1-7H3,(H,20,21). The lowest BCUT2D eigenvalue weighted by atomic mass is 10.1. The molecule has 0 aromatic carbocycles. The van der Waals surface area contributed by atoms with Crippen molar-refractivity contribution in [3.63, 3.8) is 0 Å². The normalized spacial score (nSPS) is 16.0. The van der Waals surface area contributed by atoms with Crippen molar-refractivity contribution in [3.8, 4) is 0 Å². The first-order valence-electron chi connectivity index (χ1n) is 7.98. The predicted octanol–water partition coefficient (Wildman–Crippen LogP) is 2.49. The largest absolute Gasteiger partial charge is 0.459 e. The molecule has 0 aromatic heterocycles. The Morgan fingerprint density at radius 3 is 2.08 bits per heavy atom. The summed E-state index contributed by atoms with van der Waals surface area (Å²) < 4.78 is 22.1. The molecular formula is C15H31N2O6P. The SMILES string of the molecule is CC(C)OP(=O)(O)C(=O)N(CCC(N)C(=O)OC(C)(C)C)C(C)C. The van der Waals surface area contributed by atoms with E-state index in [1.165, 1.54) is 4.90 Å². The zero-order chi connectivity index (χ0) is 19.3. The topological polar surface area (TPSA) is 119 Å². The Bertz CT molecular complexity index is 487. The summed E-state index contributed by atoms with van der Waals surface area (Å²) in [6.07, 6.45) is -0.455. The molecule has 0 saturated heterocycles. The van der Waals surface area contributed by atoms with Crippen molar-refractivity contribution in [2.75, 3.05) is 6.54 Å². The number of nitrogens with two attached hydrogens (primary N) is 1. The van der Waals surface area contributed by atoms with Gasteiger partial charge in [-0.05, 0) is 54.9 Å². The van der Waals surface area contributed by atoms with Crippen molar-refractivity contribution in [3.05, 3.63) is 0 Å². The van der Waals surface area contributed by atoms with Crippen LogP contribution in [0.3, 0.4) is 0 Å². The van der Waals surface area contributed by atoms with E-state index in [9.17, 15) is 19.0 Å². The van der Waals surface area contributed by atoms with Crippen molar-refractivity contribution in [1.29, 1.82) is 0 Å². The van der Waals surface area contributed by atoms with E-state index in [4.69, 9.17) is 15.0 Å². The smallest absolute Gasteiger partial charge is 0.416 e. The maximum Gasteiger partial charge on any atom is 0.416 e. The van der Waals surface area contributed by atoms with E-state index in [-0.39, 0.29) is 19.0 Å². The monoisotopic (exact) mass is 366 g/mol. The summed E-state index contributed by atoms with van der Waals surface area (Å²) >= 11 is 0. The van der Waals surface area contributed by atoms with Crippen molar-refractivity contribution >= 4 is 19.2 Å². The van der Waals surface area contributed by atoms with E-state index in [1.54, 1.807) is 48.5 Å². The Balaban J connectivity index is 4.90. The molecule has 142 valence electrons. The number of rotatable bonds is 8. The number of ether oxygens (including phenoxy) is 1. The highest BCUT2D eigenvalue weighted by molar-refractivity contribution is 7.70. The van der Waals surface area contributed by atoms with Gasteiger partial charge in [-0.2, -0.15) is 0 Å². The Morgan fingerprint density at radius 2 is 1.71 bits per heavy atom. The van der Waals surface area contributed by atoms with Gasteiger partial charge in [0.2, 0.25) is 0 Å². The molecule has 1 amide bonds. The summed E-state index contributed by atoms with van der Waals surface area (Å²) in [7, 11) is -4.44.